The van der Waals surface area contributed by atoms with Crippen molar-refractivity contribution in [2.75, 3.05) is 33.0 Å². The molecular formula is C14H19NO5. The molecule has 0 saturated carbocycles. The third kappa shape index (κ3) is 6.86. The number of ether oxygens (including phenoxy) is 2. The first-order valence-electron chi connectivity index (χ1n) is 6.35. The van der Waals surface area contributed by atoms with Gasteiger partial charge in [0.15, 0.2) is 0 Å². The van der Waals surface area contributed by atoms with Gasteiger partial charge in [-0.25, -0.2) is 4.79 Å². The minimum Gasteiger partial charge on any atom is -0.465 e. The van der Waals surface area contributed by atoms with Crippen molar-refractivity contribution in [1.29, 1.82) is 0 Å². The first-order valence-corrected chi connectivity index (χ1v) is 6.35. The summed E-state index contributed by atoms with van der Waals surface area (Å²) in [6.07, 6.45) is -0.305. The van der Waals surface area contributed by atoms with Gasteiger partial charge in [-0.05, 0) is 5.56 Å². The van der Waals surface area contributed by atoms with Gasteiger partial charge in [-0.2, -0.15) is 0 Å². The first-order chi connectivity index (χ1) is 9.74. The van der Waals surface area contributed by atoms with Gasteiger partial charge in [0.1, 0.15) is 12.9 Å². The van der Waals surface area contributed by atoms with E-state index in [1.165, 1.54) is 4.90 Å². The van der Waals surface area contributed by atoms with Gasteiger partial charge < -0.3 is 24.3 Å². The molecule has 0 bridgehead atoms. The van der Waals surface area contributed by atoms with E-state index in [-0.39, 0.29) is 13.2 Å². The van der Waals surface area contributed by atoms with Crippen molar-refractivity contribution < 1.29 is 24.2 Å². The minimum absolute atomic E-state index is 0.0542. The monoisotopic (exact) mass is 281 g/mol. The highest BCUT2D eigenvalue weighted by Gasteiger charge is 2.11. The van der Waals surface area contributed by atoms with E-state index in [4.69, 9.17) is 14.6 Å². The van der Waals surface area contributed by atoms with Crippen molar-refractivity contribution in [3.05, 3.63) is 35.9 Å². The Kier molecular flexibility index (Phi) is 8.02. The summed E-state index contributed by atoms with van der Waals surface area (Å²) >= 11 is 0. The number of hydrogen-bond donors (Lipinski definition) is 1. The maximum absolute atomic E-state index is 11.1. The van der Waals surface area contributed by atoms with Crippen molar-refractivity contribution in [1.82, 2.24) is 4.90 Å². The number of benzene rings is 1. The maximum Gasteiger partial charge on any atom is 0.407 e. The van der Waals surface area contributed by atoms with Crippen LogP contribution in [-0.2, 0) is 20.8 Å². The molecule has 0 saturated heterocycles. The van der Waals surface area contributed by atoms with E-state index in [0.717, 1.165) is 5.56 Å². The minimum atomic E-state index is -0.977. The van der Waals surface area contributed by atoms with Crippen LogP contribution in [0, 0.1) is 0 Å². The highest BCUT2D eigenvalue weighted by molar-refractivity contribution is 5.65. The SMILES string of the molecule is O=CCOCCOCCN(Cc1ccccc1)C(=O)O. The number of rotatable bonds is 10. The zero-order valence-corrected chi connectivity index (χ0v) is 11.2. The van der Waals surface area contributed by atoms with Gasteiger partial charge in [-0.15, -0.1) is 0 Å². The van der Waals surface area contributed by atoms with Gasteiger partial charge in [-0.3, -0.25) is 0 Å². The number of carboxylic acid groups (broad SMARTS) is 1. The molecule has 6 heteroatoms. The van der Waals surface area contributed by atoms with Crippen LogP contribution in [0.5, 0.6) is 0 Å². The Morgan fingerprint density at radius 2 is 1.85 bits per heavy atom. The van der Waals surface area contributed by atoms with E-state index in [2.05, 4.69) is 0 Å². The quantitative estimate of drug-likeness (QED) is 0.518. The zero-order chi connectivity index (χ0) is 14.6. The lowest BCUT2D eigenvalue weighted by atomic mass is 10.2. The summed E-state index contributed by atoms with van der Waals surface area (Å²) in [5.74, 6) is 0. The lowest BCUT2D eigenvalue weighted by molar-refractivity contribution is -0.112. The fourth-order valence-corrected chi connectivity index (χ4v) is 1.57. The Labute approximate surface area is 117 Å². The Balaban J connectivity index is 2.23. The van der Waals surface area contributed by atoms with Gasteiger partial charge in [-0.1, -0.05) is 30.3 Å². The van der Waals surface area contributed by atoms with E-state index in [1.54, 1.807) is 0 Å². The fourth-order valence-electron chi connectivity index (χ4n) is 1.57. The molecule has 0 aromatic heterocycles. The van der Waals surface area contributed by atoms with Crippen LogP contribution >= 0.6 is 0 Å². The molecule has 1 aromatic carbocycles. The van der Waals surface area contributed by atoms with Gasteiger partial charge in [0.2, 0.25) is 0 Å². The molecule has 1 aromatic rings. The highest BCUT2D eigenvalue weighted by atomic mass is 16.5. The van der Waals surface area contributed by atoms with Crippen LogP contribution in [-0.4, -0.2) is 55.4 Å². The van der Waals surface area contributed by atoms with Crippen LogP contribution in [0.3, 0.4) is 0 Å². The van der Waals surface area contributed by atoms with Crippen LogP contribution in [0.15, 0.2) is 30.3 Å². The molecule has 0 aliphatic carbocycles. The van der Waals surface area contributed by atoms with Gasteiger partial charge >= 0.3 is 6.09 Å². The molecule has 0 aliphatic rings. The predicted octanol–water partition coefficient (Wildman–Crippen LogP) is 1.40. The molecule has 6 nitrogen and oxygen atoms in total. The van der Waals surface area contributed by atoms with Crippen LogP contribution in [0.25, 0.3) is 0 Å². The first kappa shape index (κ1) is 16.1. The number of hydrogen-bond acceptors (Lipinski definition) is 4. The summed E-state index contributed by atoms with van der Waals surface area (Å²) in [6.45, 7) is 1.64. The average molecular weight is 281 g/mol. The number of amides is 1. The molecule has 1 amide bonds. The molecular weight excluding hydrogens is 262 g/mol. The van der Waals surface area contributed by atoms with Crippen LogP contribution in [0.4, 0.5) is 4.79 Å². The number of carbonyl (C=O) groups is 2. The summed E-state index contributed by atoms with van der Waals surface area (Å²) in [7, 11) is 0. The summed E-state index contributed by atoms with van der Waals surface area (Å²) in [5.41, 5.74) is 0.934. The standard InChI is InChI=1S/C14H19NO5/c16-7-9-20-11-10-19-8-6-15(14(17)18)12-13-4-2-1-3-5-13/h1-5,7H,6,8-12H2,(H,17,18). The largest absolute Gasteiger partial charge is 0.465 e. The number of nitrogens with zero attached hydrogens (tertiary/aromatic N) is 1. The molecule has 110 valence electrons. The molecule has 0 atom stereocenters. The average Bonchev–Trinajstić information content (AvgIpc) is 2.46. The zero-order valence-electron chi connectivity index (χ0n) is 11.2. The van der Waals surface area contributed by atoms with Crippen molar-refractivity contribution in [3.8, 4) is 0 Å². The molecule has 0 aliphatic heterocycles. The smallest absolute Gasteiger partial charge is 0.407 e. The number of carbonyl (C=O) groups excluding carboxylic acids is 1. The Bertz CT molecular complexity index is 396. The normalized spacial score (nSPS) is 10.2. The lowest BCUT2D eigenvalue weighted by Crippen LogP contribution is -2.32. The Hall–Kier alpha value is -1.92. The Morgan fingerprint density at radius 1 is 1.15 bits per heavy atom. The molecule has 0 heterocycles. The van der Waals surface area contributed by atoms with E-state index >= 15 is 0 Å². The predicted molar refractivity (Wildman–Crippen MR) is 72.6 cm³/mol. The fraction of sp³-hybridized carbons (Fsp3) is 0.429. The molecule has 0 unspecified atom stereocenters. The molecule has 0 fully saturated rings. The molecule has 0 radical (unpaired) electrons. The molecule has 20 heavy (non-hydrogen) atoms. The molecule has 0 spiro atoms. The van der Waals surface area contributed by atoms with E-state index in [0.29, 0.717) is 32.7 Å². The van der Waals surface area contributed by atoms with Crippen molar-refractivity contribution in [2.24, 2.45) is 0 Å². The van der Waals surface area contributed by atoms with Crippen LogP contribution in [0.1, 0.15) is 5.56 Å². The molecule has 1 N–H and O–H groups in total. The van der Waals surface area contributed by atoms with Crippen LogP contribution < -0.4 is 0 Å². The van der Waals surface area contributed by atoms with E-state index in [9.17, 15) is 9.59 Å². The topological polar surface area (TPSA) is 76.1 Å². The van der Waals surface area contributed by atoms with Gasteiger partial charge in [0.25, 0.3) is 0 Å². The van der Waals surface area contributed by atoms with Gasteiger partial charge in [0.05, 0.1) is 19.8 Å². The van der Waals surface area contributed by atoms with Crippen molar-refractivity contribution >= 4 is 12.4 Å². The third-order valence-electron chi connectivity index (χ3n) is 2.55. The second-order valence-electron chi connectivity index (χ2n) is 4.04. The summed E-state index contributed by atoms with van der Waals surface area (Å²) in [4.78, 5) is 22.4. The van der Waals surface area contributed by atoms with Crippen molar-refractivity contribution in [2.45, 2.75) is 6.54 Å². The molecule has 1 rings (SSSR count). The van der Waals surface area contributed by atoms with Crippen molar-refractivity contribution in [3.63, 3.8) is 0 Å². The highest BCUT2D eigenvalue weighted by Crippen LogP contribution is 2.04. The van der Waals surface area contributed by atoms with Crippen LogP contribution in [0.2, 0.25) is 0 Å². The second-order valence-corrected chi connectivity index (χ2v) is 4.04. The lowest BCUT2D eigenvalue weighted by Gasteiger charge is -2.19. The number of aldehydes is 1. The maximum atomic E-state index is 11.1. The van der Waals surface area contributed by atoms with E-state index < -0.39 is 6.09 Å². The third-order valence-corrected chi connectivity index (χ3v) is 2.55. The van der Waals surface area contributed by atoms with E-state index in [1.807, 2.05) is 30.3 Å². The second kappa shape index (κ2) is 9.94. The Morgan fingerprint density at radius 3 is 2.50 bits per heavy atom. The summed E-state index contributed by atoms with van der Waals surface area (Å²) in [6, 6.07) is 9.39. The summed E-state index contributed by atoms with van der Waals surface area (Å²) in [5, 5.41) is 9.11. The van der Waals surface area contributed by atoms with Gasteiger partial charge in [0, 0.05) is 13.1 Å². The summed E-state index contributed by atoms with van der Waals surface area (Å²) < 4.78 is 10.2.